The predicted octanol–water partition coefficient (Wildman–Crippen LogP) is 3.35. The molecule has 2 heterocycles. The minimum absolute atomic E-state index is 0.169. The van der Waals surface area contributed by atoms with Gasteiger partial charge in [-0.25, -0.2) is 0 Å². The molecule has 6 nitrogen and oxygen atoms in total. The fourth-order valence-electron chi connectivity index (χ4n) is 3.56. The summed E-state index contributed by atoms with van der Waals surface area (Å²) in [5.41, 5.74) is 5.34. The van der Waals surface area contributed by atoms with Gasteiger partial charge in [-0.05, 0) is 35.7 Å². The van der Waals surface area contributed by atoms with Crippen LogP contribution in [0.3, 0.4) is 0 Å². The van der Waals surface area contributed by atoms with Gasteiger partial charge >= 0.3 is 0 Å². The largest absolute Gasteiger partial charge is 0.357 e. The van der Waals surface area contributed by atoms with E-state index < -0.39 is 6.17 Å². The summed E-state index contributed by atoms with van der Waals surface area (Å²) in [7, 11) is 0. The second-order valence-corrected chi connectivity index (χ2v) is 6.56. The lowest BCUT2D eigenvalue weighted by atomic mass is 9.91. The van der Waals surface area contributed by atoms with E-state index >= 15 is 0 Å². The number of nitriles is 1. The van der Waals surface area contributed by atoms with Crippen LogP contribution in [0.4, 0.5) is 0 Å². The van der Waals surface area contributed by atoms with Gasteiger partial charge in [0.1, 0.15) is 6.17 Å². The highest BCUT2D eigenvalue weighted by molar-refractivity contribution is 5.77. The minimum Gasteiger partial charge on any atom is -0.357 e. The van der Waals surface area contributed by atoms with Gasteiger partial charge in [0.25, 0.3) is 0 Å². The molecule has 27 heavy (non-hydrogen) atoms. The van der Waals surface area contributed by atoms with Crippen molar-refractivity contribution in [3.63, 3.8) is 0 Å². The Kier molecular flexibility index (Phi) is 4.22. The monoisotopic (exact) mass is 358 g/mol. The molecule has 1 amide bonds. The van der Waals surface area contributed by atoms with Crippen LogP contribution in [0.15, 0.2) is 53.1 Å². The van der Waals surface area contributed by atoms with Crippen LogP contribution in [0.25, 0.3) is 11.1 Å². The number of rotatable bonds is 2. The lowest BCUT2D eigenvalue weighted by Gasteiger charge is -2.24. The number of carbonyl (C=O) groups excluding carboxylic acids is 1. The van der Waals surface area contributed by atoms with Crippen LogP contribution in [0.1, 0.15) is 47.3 Å². The van der Waals surface area contributed by atoms with E-state index in [-0.39, 0.29) is 11.9 Å². The number of hydrogen-bond donors (Lipinski definition) is 2. The fraction of sp³-hybridized carbons (Fsp3) is 0.190. The van der Waals surface area contributed by atoms with Crippen LogP contribution in [-0.2, 0) is 4.79 Å². The van der Waals surface area contributed by atoms with Crippen LogP contribution >= 0.6 is 0 Å². The minimum atomic E-state index is -0.522. The normalized spacial score (nSPS) is 18.0. The molecule has 6 heteroatoms. The average Bonchev–Trinajstić information content (AvgIpc) is 3.00. The van der Waals surface area contributed by atoms with Crippen molar-refractivity contribution in [2.45, 2.75) is 26.1 Å². The number of benzene rings is 2. The first-order chi connectivity index (χ1) is 13.1. The van der Waals surface area contributed by atoms with E-state index in [4.69, 9.17) is 9.78 Å². The van der Waals surface area contributed by atoms with E-state index in [1.165, 1.54) is 6.92 Å². The highest BCUT2D eigenvalue weighted by Gasteiger charge is 2.33. The van der Waals surface area contributed by atoms with Crippen LogP contribution in [-0.4, -0.2) is 11.1 Å². The Morgan fingerprint density at radius 1 is 1.22 bits per heavy atom. The molecule has 2 N–H and O–H groups in total. The summed E-state index contributed by atoms with van der Waals surface area (Å²) in [6.07, 6.45) is -0.522. The third-order valence-electron chi connectivity index (χ3n) is 4.75. The third kappa shape index (κ3) is 2.98. The smallest absolute Gasteiger partial charge is 0.218 e. The summed E-state index contributed by atoms with van der Waals surface area (Å²) in [5, 5.41) is 19.6. The standard InChI is InChI=1S/C21H18N4O2/c1-12-18-16-5-3-4-6-17(16)19(15-9-7-14(11-22)8-10-15)24-21(23-13(2)26)20(18)27-25-12/h3-10,19,21,24H,1-2H3,(H,23,26). The lowest BCUT2D eigenvalue weighted by Crippen LogP contribution is -2.38. The topological polar surface area (TPSA) is 91.0 Å². The molecule has 1 aliphatic rings. The maximum atomic E-state index is 11.8. The molecule has 0 fully saturated rings. The summed E-state index contributed by atoms with van der Waals surface area (Å²) in [4.78, 5) is 11.8. The molecule has 2 unspecified atom stereocenters. The van der Waals surface area contributed by atoms with Crippen molar-refractivity contribution >= 4 is 5.91 Å². The Balaban J connectivity index is 1.90. The molecule has 0 saturated carbocycles. The van der Waals surface area contributed by atoms with Gasteiger partial charge in [-0.15, -0.1) is 0 Å². The van der Waals surface area contributed by atoms with Gasteiger partial charge in [-0.3, -0.25) is 10.1 Å². The van der Waals surface area contributed by atoms with E-state index in [1.54, 1.807) is 12.1 Å². The maximum absolute atomic E-state index is 11.8. The molecule has 0 bridgehead atoms. The van der Waals surface area contributed by atoms with Crippen LogP contribution in [0.5, 0.6) is 0 Å². The summed E-state index contributed by atoms with van der Waals surface area (Å²) >= 11 is 0. The SMILES string of the molecule is CC(=O)NC1NC(c2ccc(C#N)cc2)c2ccccc2-c2c(C)noc21. The van der Waals surface area contributed by atoms with Crippen LogP contribution in [0, 0.1) is 18.3 Å². The number of hydrogen-bond acceptors (Lipinski definition) is 5. The van der Waals surface area contributed by atoms with Crippen molar-refractivity contribution in [1.29, 1.82) is 5.26 Å². The van der Waals surface area contributed by atoms with Crippen molar-refractivity contribution in [2.24, 2.45) is 0 Å². The molecule has 0 saturated heterocycles. The second kappa shape index (κ2) is 6.71. The summed E-state index contributed by atoms with van der Waals surface area (Å²) < 4.78 is 5.59. The van der Waals surface area contributed by atoms with Gasteiger partial charge < -0.3 is 9.84 Å². The Morgan fingerprint density at radius 2 is 1.96 bits per heavy atom. The molecule has 0 spiro atoms. The number of aryl methyl sites for hydroxylation is 1. The van der Waals surface area contributed by atoms with Gasteiger partial charge in [-0.2, -0.15) is 5.26 Å². The zero-order valence-electron chi connectivity index (χ0n) is 15.0. The van der Waals surface area contributed by atoms with Gasteiger partial charge in [0.05, 0.1) is 28.9 Å². The first-order valence-corrected chi connectivity index (χ1v) is 8.67. The van der Waals surface area contributed by atoms with E-state index in [2.05, 4.69) is 27.9 Å². The molecule has 2 aromatic carbocycles. The van der Waals surface area contributed by atoms with Gasteiger partial charge in [0.15, 0.2) is 5.76 Å². The number of amides is 1. The first kappa shape index (κ1) is 17.0. The van der Waals surface area contributed by atoms with Crippen molar-refractivity contribution in [3.05, 3.63) is 76.7 Å². The van der Waals surface area contributed by atoms with E-state index in [0.29, 0.717) is 11.3 Å². The summed E-state index contributed by atoms with van der Waals surface area (Å²) in [5.74, 6) is 0.420. The number of nitrogens with zero attached hydrogens (tertiary/aromatic N) is 2. The average molecular weight is 358 g/mol. The molecule has 1 aromatic heterocycles. The van der Waals surface area contributed by atoms with Crippen LogP contribution in [0.2, 0.25) is 0 Å². The molecule has 2 atom stereocenters. The fourth-order valence-corrected chi connectivity index (χ4v) is 3.56. The zero-order chi connectivity index (χ0) is 19.0. The predicted molar refractivity (Wildman–Crippen MR) is 99.4 cm³/mol. The number of carbonyl (C=O) groups is 1. The third-order valence-corrected chi connectivity index (χ3v) is 4.75. The number of fused-ring (bicyclic) bond motifs is 3. The lowest BCUT2D eigenvalue weighted by molar-refractivity contribution is -0.120. The van der Waals surface area contributed by atoms with Crippen LogP contribution < -0.4 is 10.6 Å². The molecular weight excluding hydrogens is 340 g/mol. The Labute approximate surface area is 156 Å². The second-order valence-electron chi connectivity index (χ2n) is 6.56. The van der Waals surface area contributed by atoms with Gasteiger partial charge in [0.2, 0.25) is 5.91 Å². The molecule has 4 rings (SSSR count). The van der Waals surface area contributed by atoms with Crippen molar-refractivity contribution in [3.8, 4) is 17.2 Å². The number of aromatic nitrogens is 1. The molecule has 0 aliphatic carbocycles. The maximum Gasteiger partial charge on any atom is 0.218 e. The van der Waals surface area contributed by atoms with Crippen molar-refractivity contribution in [2.75, 3.05) is 0 Å². The highest BCUT2D eigenvalue weighted by atomic mass is 16.5. The molecule has 0 radical (unpaired) electrons. The van der Waals surface area contributed by atoms with Crippen molar-refractivity contribution < 1.29 is 9.32 Å². The zero-order valence-corrected chi connectivity index (χ0v) is 15.0. The summed E-state index contributed by atoms with van der Waals surface area (Å²) in [6, 6.07) is 17.4. The van der Waals surface area contributed by atoms with Crippen molar-refractivity contribution in [1.82, 2.24) is 15.8 Å². The number of nitrogens with one attached hydrogen (secondary N) is 2. The quantitative estimate of drug-likeness (QED) is 0.733. The Bertz CT molecular complexity index is 1050. The Hall–Kier alpha value is -3.43. The van der Waals surface area contributed by atoms with E-state index in [9.17, 15) is 4.79 Å². The summed E-state index contributed by atoms with van der Waals surface area (Å²) in [6.45, 7) is 3.37. The van der Waals surface area contributed by atoms with Gasteiger partial charge in [0, 0.05) is 6.92 Å². The van der Waals surface area contributed by atoms with E-state index in [1.807, 2.05) is 37.3 Å². The highest BCUT2D eigenvalue weighted by Crippen LogP contribution is 2.41. The molecule has 3 aromatic rings. The first-order valence-electron chi connectivity index (χ1n) is 8.67. The molecule has 134 valence electrons. The van der Waals surface area contributed by atoms with E-state index in [0.717, 1.165) is 27.9 Å². The molecular formula is C21H18N4O2. The Morgan fingerprint density at radius 3 is 2.67 bits per heavy atom. The molecule has 1 aliphatic heterocycles. The van der Waals surface area contributed by atoms with Gasteiger partial charge in [-0.1, -0.05) is 41.6 Å².